The summed E-state index contributed by atoms with van der Waals surface area (Å²) in [5, 5.41) is 15.6. The Morgan fingerprint density at radius 2 is 1.83 bits per heavy atom. The van der Waals surface area contributed by atoms with Gasteiger partial charge in [-0.3, -0.25) is 25.1 Å². The summed E-state index contributed by atoms with van der Waals surface area (Å²) < 4.78 is 64.0. The van der Waals surface area contributed by atoms with Crippen LogP contribution in [0.1, 0.15) is 34.8 Å². The second-order valence-corrected chi connectivity index (χ2v) is 10.5. The minimum atomic E-state index is -4.66. The number of hydrazine groups is 1. The lowest BCUT2D eigenvalue weighted by Gasteiger charge is -2.19. The van der Waals surface area contributed by atoms with Gasteiger partial charge in [-0.15, -0.1) is 4.83 Å². The highest BCUT2D eigenvalue weighted by Gasteiger charge is 2.32. The number of hydrogen-bond acceptors (Lipinski definition) is 8. The predicted molar refractivity (Wildman–Crippen MR) is 141 cm³/mol. The molecule has 0 saturated carbocycles. The number of non-ortho nitro benzene ring substituents is 1. The van der Waals surface area contributed by atoms with Gasteiger partial charge in [0, 0.05) is 30.4 Å². The number of nitro groups is 1. The fourth-order valence-electron chi connectivity index (χ4n) is 3.35. The third-order valence-electron chi connectivity index (χ3n) is 5.49. The number of aromatic nitrogens is 1. The number of sulfonamides is 1. The van der Waals surface area contributed by atoms with Crippen molar-refractivity contribution in [2.24, 2.45) is 0 Å². The van der Waals surface area contributed by atoms with Crippen molar-refractivity contribution in [1.29, 1.82) is 0 Å². The number of anilines is 1. The molecule has 0 saturated heterocycles. The summed E-state index contributed by atoms with van der Waals surface area (Å²) in [5.41, 5.74) is 1.10. The largest absolute Gasteiger partial charge is 0.417 e. The first-order chi connectivity index (χ1) is 19.2. The molecule has 41 heavy (non-hydrogen) atoms. The number of carbonyl (C=O) groups is 2. The van der Waals surface area contributed by atoms with Gasteiger partial charge in [0.2, 0.25) is 0 Å². The molecule has 4 N–H and O–H groups in total. The number of pyridine rings is 1. The van der Waals surface area contributed by atoms with Crippen molar-refractivity contribution in [2.45, 2.75) is 37.0 Å². The molecule has 1 aromatic heterocycles. The van der Waals surface area contributed by atoms with Crippen LogP contribution < -0.4 is 20.9 Å². The van der Waals surface area contributed by atoms with Crippen LogP contribution in [0.2, 0.25) is 5.02 Å². The molecular weight excluding hydrogens is 593 g/mol. The summed E-state index contributed by atoms with van der Waals surface area (Å²) in [4.78, 5) is 40.5. The molecule has 0 fully saturated rings. The summed E-state index contributed by atoms with van der Waals surface area (Å²) >= 11 is 5.86. The first-order valence-corrected chi connectivity index (χ1v) is 13.5. The van der Waals surface area contributed by atoms with E-state index in [9.17, 15) is 41.3 Å². The minimum Gasteiger partial charge on any atom is -0.357 e. The molecule has 0 bridgehead atoms. The average molecular weight is 615 g/mol. The van der Waals surface area contributed by atoms with Crippen molar-refractivity contribution in [3.63, 3.8) is 0 Å². The van der Waals surface area contributed by atoms with Crippen LogP contribution in [0.3, 0.4) is 0 Å². The fraction of sp³-hybridized carbons (Fsp3) is 0.208. The highest BCUT2D eigenvalue weighted by molar-refractivity contribution is 7.89. The summed E-state index contributed by atoms with van der Waals surface area (Å²) in [7, 11) is -4.29. The van der Waals surface area contributed by atoms with Gasteiger partial charge in [0.05, 0.1) is 20.4 Å². The van der Waals surface area contributed by atoms with Crippen LogP contribution in [0, 0.1) is 10.1 Å². The molecule has 3 rings (SSSR count). The van der Waals surface area contributed by atoms with E-state index < -0.39 is 44.5 Å². The number of halogens is 4. The molecule has 0 aliphatic heterocycles. The number of nitrogens with one attached hydrogen (secondary N) is 4. The molecule has 0 radical (unpaired) electrons. The van der Waals surface area contributed by atoms with E-state index in [0.717, 1.165) is 6.07 Å². The van der Waals surface area contributed by atoms with Crippen LogP contribution in [0.4, 0.5) is 24.7 Å². The van der Waals surface area contributed by atoms with E-state index in [1.54, 1.807) is 6.92 Å². The van der Waals surface area contributed by atoms with Gasteiger partial charge in [0.25, 0.3) is 27.5 Å². The fourth-order valence-corrected chi connectivity index (χ4v) is 4.49. The zero-order valence-electron chi connectivity index (χ0n) is 21.0. The molecule has 2 amide bonds. The molecule has 1 heterocycles. The summed E-state index contributed by atoms with van der Waals surface area (Å²) in [6.45, 7) is 1.45. The first-order valence-electron chi connectivity index (χ1n) is 11.6. The number of nitrogens with zero attached hydrogens (tertiary/aromatic N) is 2. The van der Waals surface area contributed by atoms with E-state index in [4.69, 9.17) is 11.6 Å². The zero-order valence-corrected chi connectivity index (χ0v) is 22.6. The van der Waals surface area contributed by atoms with Gasteiger partial charge in [-0.2, -0.15) is 13.2 Å². The van der Waals surface area contributed by atoms with Crippen LogP contribution in [-0.2, 0) is 27.5 Å². The second-order valence-electron chi connectivity index (χ2n) is 8.39. The molecule has 1 atom stereocenters. The Morgan fingerprint density at radius 3 is 2.46 bits per heavy atom. The Morgan fingerprint density at radius 1 is 1.12 bits per heavy atom. The SMILES string of the molecule is CCC(Nc1ncc(C(F)(F)F)cc1Cl)C(=O)NNS(=O)(=O)c1cccc(CNC(=O)c2cccc([N+](=O)[O-])c2)c1. The smallest absolute Gasteiger partial charge is 0.357 e. The highest BCUT2D eigenvalue weighted by atomic mass is 35.5. The van der Waals surface area contributed by atoms with Crippen LogP contribution in [0.25, 0.3) is 0 Å². The lowest BCUT2D eigenvalue weighted by atomic mass is 10.1. The van der Waals surface area contributed by atoms with Crippen LogP contribution in [0.5, 0.6) is 0 Å². The topological polar surface area (TPSA) is 172 Å². The van der Waals surface area contributed by atoms with Crippen molar-refractivity contribution >= 4 is 44.9 Å². The molecule has 0 spiro atoms. The highest BCUT2D eigenvalue weighted by Crippen LogP contribution is 2.32. The number of hydrogen-bond donors (Lipinski definition) is 4. The second kappa shape index (κ2) is 12.9. The number of nitro benzene ring substituents is 1. The van der Waals surface area contributed by atoms with E-state index >= 15 is 0 Å². The molecule has 1 unspecified atom stereocenters. The summed E-state index contributed by atoms with van der Waals surface area (Å²) in [5.74, 6) is -1.69. The monoisotopic (exact) mass is 614 g/mol. The number of carbonyl (C=O) groups excluding carboxylic acids is 2. The van der Waals surface area contributed by atoms with E-state index in [1.165, 1.54) is 42.5 Å². The lowest BCUT2D eigenvalue weighted by Crippen LogP contribution is -2.48. The van der Waals surface area contributed by atoms with Gasteiger partial charge in [-0.05, 0) is 36.2 Å². The van der Waals surface area contributed by atoms with Crippen molar-refractivity contribution in [3.8, 4) is 0 Å². The Hall–Kier alpha value is -4.28. The van der Waals surface area contributed by atoms with Crippen LogP contribution >= 0.6 is 11.6 Å². The average Bonchev–Trinajstić information content (AvgIpc) is 2.93. The van der Waals surface area contributed by atoms with Gasteiger partial charge in [-0.1, -0.05) is 36.7 Å². The maximum Gasteiger partial charge on any atom is 0.417 e. The minimum absolute atomic E-state index is 0.0409. The molecule has 2 aromatic carbocycles. The van der Waals surface area contributed by atoms with Crippen LogP contribution in [-0.4, -0.2) is 36.2 Å². The molecule has 218 valence electrons. The Bertz CT molecular complexity index is 1570. The Balaban J connectivity index is 1.62. The van der Waals surface area contributed by atoms with E-state index in [1.807, 2.05) is 10.3 Å². The van der Waals surface area contributed by atoms with Gasteiger partial charge < -0.3 is 10.6 Å². The van der Waals surface area contributed by atoms with Gasteiger partial charge in [-0.25, -0.2) is 13.4 Å². The van der Waals surface area contributed by atoms with Gasteiger partial charge in [0.15, 0.2) is 0 Å². The normalized spacial score (nSPS) is 12.3. The molecular formula is C24H22ClF3N6O6S. The number of benzene rings is 2. The van der Waals surface area contributed by atoms with E-state index in [2.05, 4.69) is 15.6 Å². The molecule has 17 heteroatoms. The van der Waals surface area contributed by atoms with Gasteiger partial charge in [0.1, 0.15) is 11.9 Å². The lowest BCUT2D eigenvalue weighted by molar-refractivity contribution is -0.384. The Kier molecular flexibility index (Phi) is 9.85. The number of alkyl halides is 3. The standard InChI is InChI=1S/C24H22ClF3N6O6S/c1-2-20(31-21-19(25)11-16(13-29-21)24(26,27)28)23(36)32-33-41(39,40)18-8-3-5-14(9-18)12-30-22(35)15-6-4-7-17(10-15)34(37)38/h3-11,13,20,33H,2,12H2,1H3,(H,29,31)(H,30,35)(H,32,36). The quantitative estimate of drug-likeness (QED) is 0.186. The van der Waals surface area contributed by atoms with Crippen molar-refractivity contribution in [3.05, 3.63) is 92.6 Å². The molecule has 0 aliphatic rings. The van der Waals surface area contributed by atoms with E-state index in [0.29, 0.717) is 17.8 Å². The third-order valence-corrected chi connectivity index (χ3v) is 7.03. The number of amides is 2. The zero-order chi connectivity index (χ0) is 30.4. The third kappa shape index (κ3) is 8.36. The molecule has 3 aromatic rings. The first kappa shape index (κ1) is 31.3. The Labute approximate surface area is 236 Å². The van der Waals surface area contributed by atoms with E-state index in [-0.39, 0.29) is 40.0 Å². The van der Waals surface area contributed by atoms with Crippen molar-refractivity contribution in [1.82, 2.24) is 20.6 Å². The maximum absolute atomic E-state index is 12.8. The molecule has 0 aliphatic carbocycles. The van der Waals surface area contributed by atoms with Crippen molar-refractivity contribution in [2.75, 3.05) is 5.32 Å². The summed E-state index contributed by atoms with van der Waals surface area (Å²) in [6, 6.07) is 10.0. The van der Waals surface area contributed by atoms with Gasteiger partial charge >= 0.3 is 6.18 Å². The maximum atomic E-state index is 12.8. The summed E-state index contributed by atoms with van der Waals surface area (Å²) in [6.07, 6.45) is -4.03. The molecule has 12 nitrogen and oxygen atoms in total. The van der Waals surface area contributed by atoms with Crippen LogP contribution in [0.15, 0.2) is 65.7 Å². The van der Waals surface area contributed by atoms with Crippen molar-refractivity contribution < 1.29 is 36.1 Å². The number of rotatable bonds is 11. The predicted octanol–water partition coefficient (Wildman–Crippen LogP) is 3.79.